The zero-order valence-electron chi connectivity index (χ0n) is 6.77. The quantitative estimate of drug-likeness (QED) is 0.570. The van der Waals surface area contributed by atoms with Crippen molar-refractivity contribution in [1.82, 2.24) is 0 Å². The monoisotopic (exact) mass is 155 g/mol. The first-order valence-corrected chi connectivity index (χ1v) is 7.00. The average Bonchev–Trinajstić information content (AvgIpc) is 2.45. The Morgan fingerprint density at radius 3 is 2.00 bits per heavy atom. The van der Waals surface area contributed by atoms with Crippen LogP contribution in [0.3, 0.4) is 0 Å². The lowest BCUT2D eigenvalue weighted by Gasteiger charge is -2.20. The lowest BCUT2D eigenvalue weighted by molar-refractivity contribution is 0.229. The fourth-order valence-corrected chi connectivity index (χ4v) is 2.36. The van der Waals surface area contributed by atoms with Gasteiger partial charge in [0.1, 0.15) is 5.60 Å². The van der Waals surface area contributed by atoms with Crippen LogP contribution in [-0.2, 0) is 4.43 Å². The molecular formula is C7H13NOSi. The van der Waals surface area contributed by atoms with Crippen molar-refractivity contribution in [2.24, 2.45) is 0 Å². The molecule has 3 heteroatoms. The van der Waals surface area contributed by atoms with Gasteiger partial charge in [-0.15, -0.1) is 0 Å². The van der Waals surface area contributed by atoms with E-state index in [0.717, 1.165) is 12.8 Å². The summed E-state index contributed by atoms with van der Waals surface area (Å²) >= 11 is 0. The first-order chi connectivity index (χ1) is 4.47. The molecule has 0 aromatic rings. The molecule has 0 saturated heterocycles. The van der Waals surface area contributed by atoms with Crippen LogP contribution in [0.25, 0.3) is 0 Å². The summed E-state index contributed by atoms with van der Waals surface area (Å²) in [7, 11) is -1.47. The van der Waals surface area contributed by atoms with Crippen molar-refractivity contribution >= 4 is 8.32 Å². The third kappa shape index (κ3) is 1.82. The summed E-state index contributed by atoms with van der Waals surface area (Å²) in [5, 5.41) is 8.67. The molecule has 0 atom stereocenters. The van der Waals surface area contributed by atoms with E-state index in [2.05, 4.69) is 25.7 Å². The highest BCUT2D eigenvalue weighted by Crippen LogP contribution is 2.40. The summed E-state index contributed by atoms with van der Waals surface area (Å²) in [6.45, 7) is 6.35. The maximum absolute atomic E-state index is 8.67. The predicted molar refractivity (Wildman–Crippen MR) is 42.0 cm³/mol. The number of nitrogens with zero attached hydrogens (tertiary/aromatic N) is 1. The molecule has 1 saturated carbocycles. The van der Waals surface area contributed by atoms with Crippen molar-refractivity contribution in [3.63, 3.8) is 0 Å². The fraction of sp³-hybridized carbons (Fsp3) is 0.857. The molecular weight excluding hydrogens is 142 g/mol. The summed E-state index contributed by atoms with van der Waals surface area (Å²) in [5.74, 6) is 0. The van der Waals surface area contributed by atoms with Crippen molar-refractivity contribution in [3.05, 3.63) is 0 Å². The molecule has 56 valence electrons. The largest absolute Gasteiger partial charge is 0.400 e. The second kappa shape index (κ2) is 2.08. The van der Waals surface area contributed by atoms with E-state index in [1.165, 1.54) is 0 Å². The Balaban J connectivity index is 2.48. The molecule has 0 bridgehead atoms. The van der Waals surface area contributed by atoms with Crippen LogP contribution >= 0.6 is 0 Å². The van der Waals surface area contributed by atoms with Crippen LogP contribution in [-0.4, -0.2) is 13.9 Å². The summed E-state index contributed by atoms with van der Waals surface area (Å²) in [6.07, 6.45) is 1.88. The predicted octanol–water partition coefficient (Wildman–Crippen LogP) is 1.89. The second-order valence-electron chi connectivity index (χ2n) is 3.82. The molecule has 0 aromatic carbocycles. The van der Waals surface area contributed by atoms with Crippen molar-refractivity contribution in [3.8, 4) is 6.07 Å². The second-order valence-corrected chi connectivity index (χ2v) is 8.25. The van der Waals surface area contributed by atoms with Crippen LogP contribution in [0.1, 0.15) is 12.8 Å². The third-order valence-corrected chi connectivity index (χ3v) is 2.41. The van der Waals surface area contributed by atoms with Gasteiger partial charge in [-0.05, 0) is 32.5 Å². The van der Waals surface area contributed by atoms with Crippen LogP contribution < -0.4 is 0 Å². The van der Waals surface area contributed by atoms with Crippen molar-refractivity contribution in [2.75, 3.05) is 0 Å². The molecule has 1 fully saturated rings. The zero-order valence-corrected chi connectivity index (χ0v) is 7.77. The van der Waals surface area contributed by atoms with Crippen LogP contribution in [0, 0.1) is 11.3 Å². The smallest absolute Gasteiger partial charge is 0.185 e. The lowest BCUT2D eigenvalue weighted by Crippen LogP contribution is -2.32. The Morgan fingerprint density at radius 1 is 1.40 bits per heavy atom. The maximum atomic E-state index is 8.67. The molecule has 1 aliphatic carbocycles. The molecule has 0 N–H and O–H groups in total. The van der Waals surface area contributed by atoms with E-state index in [4.69, 9.17) is 9.69 Å². The number of hydrogen-bond acceptors (Lipinski definition) is 2. The molecule has 0 radical (unpaired) electrons. The van der Waals surface area contributed by atoms with Crippen LogP contribution in [0.2, 0.25) is 19.6 Å². The maximum Gasteiger partial charge on any atom is 0.185 e. The highest BCUT2D eigenvalue weighted by Gasteiger charge is 2.47. The van der Waals surface area contributed by atoms with E-state index in [9.17, 15) is 0 Å². The first-order valence-electron chi connectivity index (χ1n) is 3.59. The molecule has 10 heavy (non-hydrogen) atoms. The topological polar surface area (TPSA) is 33.0 Å². The summed E-state index contributed by atoms with van der Waals surface area (Å²) in [6, 6.07) is 2.22. The van der Waals surface area contributed by atoms with E-state index in [1.54, 1.807) is 0 Å². The molecule has 0 amide bonds. The van der Waals surface area contributed by atoms with Crippen LogP contribution in [0.4, 0.5) is 0 Å². The van der Waals surface area contributed by atoms with Gasteiger partial charge >= 0.3 is 0 Å². The minimum Gasteiger partial charge on any atom is -0.400 e. The van der Waals surface area contributed by atoms with Gasteiger partial charge in [0.05, 0.1) is 6.07 Å². The van der Waals surface area contributed by atoms with Gasteiger partial charge < -0.3 is 4.43 Å². The van der Waals surface area contributed by atoms with Gasteiger partial charge in [0.15, 0.2) is 8.32 Å². The Hall–Kier alpha value is -0.333. The average molecular weight is 155 g/mol. The molecule has 2 nitrogen and oxygen atoms in total. The Kier molecular flexibility index (Phi) is 1.61. The van der Waals surface area contributed by atoms with E-state index in [0.29, 0.717) is 0 Å². The minimum absolute atomic E-state index is 0.357. The van der Waals surface area contributed by atoms with Gasteiger partial charge in [0.2, 0.25) is 0 Å². The first kappa shape index (κ1) is 7.77. The summed E-state index contributed by atoms with van der Waals surface area (Å²) < 4.78 is 5.66. The van der Waals surface area contributed by atoms with Crippen molar-refractivity contribution in [2.45, 2.75) is 38.1 Å². The van der Waals surface area contributed by atoms with E-state index in [-0.39, 0.29) is 5.60 Å². The van der Waals surface area contributed by atoms with E-state index < -0.39 is 8.32 Å². The molecule has 1 rings (SSSR count). The SMILES string of the molecule is C[Si](C)(C)OC1(C#N)CC1. The van der Waals surface area contributed by atoms with Gasteiger partial charge in [-0.1, -0.05) is 0 Å². The van der Waals surface area contributed by atoms with Gasteiger partial charge in [-0.25, -0.2) is 0 Å². The number of rotatable bonds is 2. The number of nitriles is 1. The van der Waals surface area contributed by atoms with Gasteiger partial charge in [-0.2, -0.15) is 5.26 Å². The molecule has 0 unspecified atom stereocenters. The molecule has 0 spiro atoms. The molecule has 0 aromatic heterocycles. The minimum atomic E-state index is -1.47. The van der Waals surface area contributed by atoms with Gasteiger partial charge in [-0.3, -0.25) is 0 Å². The van der Waals surface area contributed by atoms with Crippen LogP contribution in [0.5, 0.6) is 0 Å². The zero-order chi connectivity index (χ0) is 7.83. The normalized spacial score (nSPS) is 21.8. The standard InChI is InChI=1S/C7H13NOSi/c1-10(2,3)9-7(6-8)4-5-7/h4-5H2,1-3H3. The fourth-order valence-electron chi connectivity index (χ4n) is 0.936. The molecule has 0 heterocycles. The van der Waals surface area contributed by atoms with E-state index in [1.807, 2.05) is 0 Å². The van der Waals surface area contributed by atoms with Crippen molar-refractivity contribution < 1.29 is 4.43 Å². The molecule has 1 aliphatic rings. The van der Waals surface area contributed by atoms with Gasteiger partial charge in [0.25, 0.3) is 0 Å². The van der Waals surface area contributed by atoms with Crippen molar-refractivity contribution in [1.29, 1.82) is 5.26 Å². The third-order valence-electron chi connectivity index (χ3n) is 1.41. The van der Waals surface area contributed by atoms with E-state index >= 15 is 0 Å². The Labute approximate surface area is 62.9 Å². The van der Waals surface area contributed by atoms with Gasteiger partial charge in [0, 0.05) is 0 Å². The Bertz CT molecular complexity index is 173. The lowest BCUT2D eigenvalue weighted by atomic mass is 10.4. The number of hydrogen-bond donors (Lipinski definition) is 0. The highest BCUT2D eigenvalue weighted by molar-refractivity contribution is 6.69. The van der Waals surface area contributed by atoms with Crippen LogP contribution in [0.15, 0.2) is 0 Å². The highest BCUT2D eigenvalue weighted by atomic mass is 28.4. The Morgan fingerprint density at radius 2 is 1.90 bits per heavy atom. The summed E-state index contributed by atoms with van der Waals surface area (Å²) in [4.78, 5) is 0. The summed E-state index contributed by atoms with van der Waals surface area (Å²) in [5.41, 5.74) is -0.357. The molecule has 0 aliphatic heterocycles.